The van der Waals surface area contributed by atoms with Gasteiger partial charge in [0.15, 0.2) is 0 Å². The summed E-state index contributed by atoms with van der Waals surface area (Å²) in [5.74, 6) is -1.14. The van der Waals surface area contributed by atoms with Crippen LogP contribution in [-0.2, 0) is 12.6 Å². The minimum absolute atomic E-state index is 0.000472. The number of aromatic carboxylic acids is 1. The van der Waals surface area contributed by atoms with E-state index in [0.717, 1.165) is 6.07 Å². The zero-order chi connectivity index (χ0) is 14.8. The molecule has 6 heteroatoms. The predicted molar refractivity (Wildman–Crippen MR) is 65.4 cm³/mol. The average Bonchev–Trinajstić information content (AvgIpc) is 2.38. The summed E-state index contributed by atoms with van der Waals surface area (Å²) in [7, 11) is 0. The molecule has 0 aliphatic rings. The lowest BCUT2D eigenvalue weighted by Gasteiger charge is -2.12. The summed E-state index contributed by atoms with van der Waals surface area (Å²) in [5.41, 5.74) is -0.390. The van der Waals surface area contributed by atoms with Gasteiger partial charge < -0.3 is 5.11 Å². The van der Waals surface area contributed by atoms with Crippen LogP contribution in [0.1, 0.15) is 27.2 Å². The van der Waals surface area contributed by atoms with E-state index in [9.17, 15) is 18.0 Å². The molecule has 0 saturated heterocycles. The van der Waals surface area contributed by atoms with E-state index >= 15 is 0 Å². The minimum atomic E-state index is -4.44. The van der Waals surface area contributed by atoms with E-state index in [0.29, 0.717) is 0 Å². The summed E-state index contributed by atoms with van der Waals surface area (Å²) >= 11 is 0. The molecule has 0 spiro atoms. The first-order chi connectivity index (χ1) is 9.38. The lowest BCUT2D eigenvalue weighted by Crippen LogP contribution is -2.10. The van der Waals surface area contributed by atoms with Crippen LogP contribution < -0.4 is 0 Å². The van der Waals surface area contributed by atoms with Crippen molar-refractivity contribution in [2.45, 2.75) is 12.6 Å². The standard InChI is InChI=1S/C14H10F3NO2/c15-14(16,17)12-4-2-1-3-9(12)7-11-8-10(13(19)20)5-6-18-11/h1-6,8H,7H2,(H,19,20). The number of hydrogen-bond donors (Lipinski definition) is 1. The van der Waals surface area contributed by atoms with Crippen LogP contribution in [0.3, 0.4) is 0 Å². The number of benzene rings is 1. The van der Waals surface area contributed by atoms with Crippen molar-refractivity contribution in [3.8, 4) is 0 Å². The van der Waals surface area contributed by atoms with E-state index in [1.165, 1.54) is 36.5 Å². The topological polar surface area (TPSA) is 50.2 Å². The minimum Gasteiger partial charge on any atom is -0.478 e. The summed E-state index contributed by atoms with van der Waals surface area (Å²) in [6.45, 7) is 0. The van der Waals surface area contributed by atoms with Gasteiger partial charge in [0.1, 0.15) is 0 Å². The molecule has 1 aromatic carbocycles. The summed E-state index contributed by atoms with van der Waals surface area (Å²) in [5, 5.41) is 8.85. The van der Waals surface area contributed by atoms with E-state index in [4.69, 9.17) is 5.11 Å². The van der Waals surface area contributed by atoms with Crippen molar-refractivity contribution < 1.29 is 23.1 Å². The van der Waals surface area contributed by atoms with Crippen LogP contribution >= 0.6 is 0 Å². The van der Waals surface area contributed by atoms with Crippen LogP contribution in [0.2, 0.25) is 0 Å². The van der Waals surface area contributed by atoms with Gasteiger partial charge in [-0.1, -0.05) is 18.2 Å². The fourth-order valence-electron chi connectivity index (χ4n) is 1.85. The number of carboxylic acid groups (broad SMARTS) is 1. The van der Waals surface area contributed by atoms with Crippen molar-refractivity contribution >= 4 is 5.97 Å². The van der Waals surface area contributed by atoms with Crippen LogP contribution in [0.15, 0.2) is 42.6 Å². The number of pyridine rings is 1. The molecule has 0 atom stereocenters. The fourth-order valence-corrected chi connectivity index (χ4v) is 1.85. The molecule has 0 aliphatic heterocycles. The Morgan fingerprint density at radius 1 is 1.20 bits per heavy atom. The molecule has 2 rings (SSSR count). The van der Waals surface area contributed by atoms with E-state index in [-0.39, 0.29) is 23.2 Å². The first-order valence-corrected chi connectivity index (χ1v) is 5.71. The van der Waals surface area contributed by atoms with Gasteiger partial charge in [-0.2, -0.15) is 13.2 Å². The molecule has 1 N–H and O–H groups in total. The van der Waals surface area contributed by atoms with Crippen LogP contribution in [-0.4, -0.2) is 16.1 Å². The van der Waals surface area contributed by atoms with Gasteiger partial charge >= 0.3 is 12.1 Å². The molecule has 1 heterocycles. The van der Waals surface area contributed by atoms with Crippen LogP contribution in [0.4, 0.5) is 13.2 Å². The number of rotatable bonds is 3. The lowest BCUT2D eigenvalue weighted by molar-refractivity contribution is -0.138. The maximum absolute atomic E-state index is 12.8. The first-order valence-electron chi connectivity index (χ1n) is 5.71. The summed E-state index contributed by atoms with van der Waals surface area (Å²) in [6.07, 6.45) is -3.24. The van der Waals surface area contributed by atoms with E-state index in [2.05, 4.69) is 4.98 Å². The molecule has 1 aromatic heterocycles. The highest BCUT2D eigenvalue weighted by Gasteiger charge is 2.32. The molecule has 0 unspecified atom stereocenters. The Hall–Kier alpha value is -2.37. The molecule has 0 bridgehead atoms. The third-order valence-electron chi connectivity index (χ3n) is 2.76. The highest BCUT2D eigenvalue weighted by molar-refractivity contribution is 5.87. The van der Waals surface area contributed by atoms with Crippen molar-refractivity contribution in [3.05, 3.63) is 65.0 Å². The number of hydrogen-bond acceptors (Lipinski definition) is 2. The number of halogens is 3. The fraction of sp³-hybridized carbons (Fsp3) is 0.143. The zero-order valence-electron chi connectivity index (χ0n) is 10.2. The Labute approximate surface area is 112 Å². The molecule has 0 saturated carbocycles. The molecule has 104 valence electrons. The van der Waals surface area contributed by atoms with Gasteiger partial charge in [0.2, 0.25) is 0 Å². The Morgan fingerprint density at radius 3 is 2.55 bits per heavy atom. The normalized spacial score (nSPS) is 11.3. The number of alkyl halides is 3. The summed E-state index contributed by atoms with van der Waals surface area (Å²) in [6, 6.07) is 7.74. The van der Waals surface area contributed by atoms with Crippen molar-refractivity contribution in [2.75, 3.05) is 0 Å². The van der Waals surface area contributed by atoms with E-state index in [1.54, 1.807) is 0 Å². The second-order valence-corrected chi connectivity index (χ2v) is 4.17. The van der Waals surface area contributed by atoms with Gasteiger partial charge in [-0.05, 0) is 23.8 Å². The second kappa shape index (κ2) is 5.32. The van der Waals surface area contributed by atoms with E-state index in [1.807, 2.05) is 0 Å². The van der Waals surface area contributed by atoms with Crippen molar-refractivity contribution in [1.29, 1.82) is 0 Å². The molecular weight excluding hydrogens is 271 g/mol. The molecular formula is C14H10F3NO2. The van der Waals surface area contributed by atoms with Gasteiger partial charge in [0, 0.05) is 18.3 Å². The van der Waals surface area contributed by atoms with Crippen LogP contribution in [0.5, 0.6) is 0 Å². The smallest absolute Gasteiger partial charge is 0.416 e. The second-order valence-electron chi connectivity index (χ2n) is 4.17. The number of nitrogens with zero attached hydrogens (tertiary/aromatic N) is 1. The lowest BCUT2D eigenvalue weighted by atomic mass is 10.0. The SMILES string of the molecule is O=C(O)c1ccnc(Cc2ccccc2C(F)(F)F)c1. The van der Waals surface area contributed by atoms with Gasteiger partial charge in [0.05, 0.1) is 11.1 Å². The van der Waals surface area contributed by atoms with E-state index < -0.39 is 17.7 Å². The Morgan fingerprint density at radius 2 is 1.90 bits per heavy atom. The number of aromatic nitrogens is 1. The average molecular weight is 281 g/mol. The molecule has 0 radical (unpaired) electrons. The maximum atomic E-state index is 12.8. The highest BCUT2D eigenvalue weighted by atomic mass is 19.4. The van der Waals surface area contributed by atoms with Crippen LogP contribution in [0, 0.1) is 0 Å². The van der Waals surface area contributed by atoms with Crippen molar-refractivity contribution in [3.63, 3.8) is 0 Å². The quantitative estimate of drug-likeness (QED) is 0.938. The van der Waals surface area contributed by atoms with Gasteiger partial charge in [-0.25, -0.2) is 4.79 Å². The van der Waals surface area contributed by atoms with Crippen molar-refractivity contribution in [1.82, 2.24) is 4.98 Å². The Balaban J connectivity index is 2.36. The highest BCUT2D eigenvalue weighted by Crippen LogP contribution is 2.32. The predicted octanol–water partition coefficient (Wildman–Crippen LogP) is 3.39. The molecule has 0 amide bonds. The molecule has 3 nitrogen and oxygen atoms in total. The summed E-state index contributed by atoms with van der Waals surface area (Å²) < 4.78 is 38.5. The molecule has 2 aromatic rings. The number of carbonyl (C=O) groups is 1. The largest absolute Gasteiger partial charge is 0.478 e. The van der Waals surface area contributed by atoms with Crippen molar-refractivity contribution in [2.24, 2.45) is 0 Å². The monoisotopic (exact) mass is 281 g/mol. The van der Waals surface area contributed by atoms with Gasteiger partial charge in [0.25, 0.3) is 0 Å². The maximum Gasteiger partial charge on any atom is 0.416 e. The third-order valence-corrected chi connectivity index (χ3v) is 2.76. The zero-order valence-corrected chi connectivity index (χ0v) is 10.2. The van der Waals surface area contributed by atoms with Gasteiger partial charge in [-0.3, -0.25) is 4.98 Å². The molecule has 0 aliphatic carbocycles. The third kappa shape index (κ3) is 3.14. The summed E-state index contributed by atoms with van der Waals surface area (Å²) in [4.78, 5) is 14.7. The molecule has 20 heavy (non-hydrogen) atoms. The first kappa shape index (κ1) is 14.0. The van der Waals surface area contributed by atoms with Crippen LogP contribution in [0.25, 0.3) is 0 Å². The number of carboxylic acids is 1. The Bertz CT molecular complexity index is 638. The molecule has 0 fully saturated rings. The Kier molecular flexibility index (Phi) is 3.74. The van der Waals surface area contributed by atoms with Gasteiger partial charge in [-0.15, -0.1) is 0 Å².